The first-order chi connectivity index (χ1) is 5.13. The minimum absolute atomic E-state index is 0.203. The van der Waals surface area contributed by atoms with Crippen LogP contribution in [0.25, 0.3) is 0 Å². The van der Waals surface area contributed by atoms with E-state index in [-0.39, 0.29) is 12.0 Å². The quantitative estimate of drug-likeness (QED) is 0.482. The smallest absolute Gasteiger partial charge is 0.302 e. The van der Waals surface area contributed by atoms with E-state index in [2.05, 4.69) is 0 Å². The molecule has 0 fully saturated rings. The molecule has 0 aliphatic heterocycles. The standard InChI is InChI=1S/C8H17NO2/c1-7(9)5-3-4-6-11-8(2)10/h7H,3-6,9H2,1-2H3. The summed E-state index contributed by atoms with van der Waals surface area (Å²) < 4.78 is 4.74. The maximum Gasteiger partial charge on any atom is 0.302 e. The number of esters is 1. The second kappa shape index (κ2) is 6.16. The monoisotopic (exact) mass is 159 g/mol. The van der Waals surface area contributed by atoms with E-state index in [1.165, 1.54) is 6.92 Å². The van der Waals surface area contributed by atoms with Gasteiger partial charge < -0.3 is 10.5 Å². The van der Waals surface area contributed by atoms with Gasteiger partial charge in [-0.25, -0.2) is 0 Å². The van der Waals surface area contributed by atoms with E-state index < -0.39 is 0 Å². The first kappa shape index (κ1) is 10.4. The second-order valence-electron chi connectivity index (χ2n) is 2.81. The fourth-order valence-electron chi connectivity index (χ4n) is 0.784. The molecule has 0 rings (SSSR count). The average Bonchev–Trinajstić information content (AvgIpc) is 1.85. The molecule has 0 saturated heterocycles. The van der Waals surface area contributed by atoms with Gasteiger partial charge in [0.1, 0.15) is 0 Å². The molecule has 0 heterocycles. The minimum Gasteiger partial charge on any atom is -0.466 e. The van der Waals surface area contributed by atoms with Crippen LogP contribution in [0.15, 0.2) is 0 Å². The van der Waals surface area contributed by atoms with Gasteiger partial charge in [-0.1, -0.05) is 0 Å². The summed E-state index contributed by atoms with van der Waals surface area (Å²) >= 11 is 0. The van der Waals surface area contributed by atoms with Crippen molar-refractivity contribution in [2.45, 2.75) is 39.2 Å². The van der Waals surface area contributed by atoms with E-state index >= 15 is 0 Å². The van der Waals surface area contributed by atoms with Crippen LogP contribution in [-0.2, 0) is 9.53 Å². The largest absolute Gasteiger partial charge is 0.466 e. The Morgan fingerprint density at radius 1 is 1.55 bits per heavy atom. The van der Waals surface area contributed by atoms with Crippen molar-refractivity contribution >= 4 is 5.97 Å². The minimum atomic E-state index is -0.203. The lowest BCUT2D eigenvalue weighted by Crippen LogP contribution is -2.14. The Morgan fingerprint density at radius 3 is 2.64 bits per heavy atom. The number of hydrogen-bond acceptors (Lipinski definition) is 3. The van der Waals surface area contributed by atoms with E-state index in [1.807, 2.05) is 6.92 Å². The van der Waals surface area contributed by atoms with E-state index in [0.29, 0.717) is 6.61 Å². The van der Waals surface area contributed by atoms with Gasteiger partial charge >= 0.3 is 5.97 Å². The lowest BCUT2D eigenvalue weighted by molar-refractivity contribution is -0.141. The highest BCUT2D eigenvalue weighted by Gasteiger charge is 1.95. The van der Waals surface area contributed by atoms with Gasteiger partial charge in [0, 0.05) is 13.0 Å². The first-order valence-corrected chi connectivity index (χ1v) is 4.02. The molecule has 0 radical (unpaired) electrons. The predicted octanol–water partition coefficient (Wildman–Crippen LogP) is 1.07. The number of hydrogen-bond donors (Lipinski definition) is 1. The third kappa shape index (κ3) is 9.43. The fourth-order valence-corrected chi connectivity index (χ4v) is 0.784. The van der Waals surface area contributed by atoms with Crippen molar-refractivity contribution in [3.05, 3.63) is 0 Å². The molecule has 0 bridgehead atoms. The lowest BCUT2D eigenvalue weighted by atomic mass is 10.1. The summed E-state index contributed by atoms with van der Waals surface area (Å²) in [6.45, 7) is 3.93. The van der Waals surface area contributed by atoms with Gasteiger partial charge in [-0.05, 0) is 26.2 Å². The molecule has 1 atom stereocenters. The zero-order chi connectivity index (χ0) is 8.69. The number of ether oxygens (including phenoxy) is 1. The molecule has 0 aliphatic rings. The van der Waals surface area contributed by atoms with Crippen molar-refractivity contribution in [1.29, 1.82) is 0 Å². The summed E-state index contributed by atoms with van der Waals surface area (Å²) in [5.74, 6) is -0.203. The number of carbonyl (C=O) groups is 1. The highest BCUT2D eigenvalue weighted by Crippen LogP contribution is 1.98. The van der Waals surface area contributed by atoms with Crippen molar-refractivity contribution in [2.24, 2.45) is 5.73 Å². The molecular formula is C8H17NO2. The van der Waals surface area contributed by atoms with Crippen LogP contribution in [0, 0.1) is 0 Å². The zero-order valence-corrected chi connectivity index (χ0v) is 7.30. The van der Waals surface area contributed by atoms with Gasteiger partial charge in [0.2, 0.25) is 0 Å². The highest BCUT2D eigenvalue weighted by molar-refractivity contribution is 5.65. The van der Waals surface area contributed by atoms with Crippen molar-refractivity contribution in [1.82, 2.24) is 0 Å². The maximum absolute atomic E-state index is 10.3. The number of rotatable bonds is 5. The fraction of sp³-hybridized carbons (Fsp3) is 0.875. The van der Waals surface area contributed by atoms with Crippen LogP contribution >= 0.6 is 0 Å². The molecule has 0 aliphatic carbocycles. The number of carbonyl (C=O) groups excluding carboxylic acids is 1. The molecule has 0 amide bonds. The molecule has 0 aromatic heterocycles. The summed E-state index contributed by atoms with van der Waals surface area (Å²) in [4.78, 5) is 10.3. The Hall–Kier alpha value is -0.570. The molecule has 11 heavy (non-hydrogen) atoms. The third-order valence-corrected chi connectivity index (χ3v) is 1.36. The van der Waals surface area contributed by atoms with E-state index in [0.717, 1.165) is 19.3 Å². The molecule has 3 nitrogen and oxygen atoms in total. The molecule has 0 saturated carbocycles. The summed E-state index contributed by atoms with van der Waals surface area (Å²) in [5.41, 5.74) is 5.53. The Morgan fingerprint density at radius 2 is 2.18 bits per heavy atom. The van der Waals surface area contributed by atoms with E-state index in [4.69, 9.17) is 10.5 Å². The van der Waals surface area contributed by atoms with Crippen LogP contribution < -0.4 is 5.73 Å². The summed E-state index contributed by atoms with van der Waals surface area (Å²) in [5, 5.41) is 0. The Bertz CT molecular complexity index is 113. The van der Waals surface area contributed by atoms with Crippen LogP contribution in [0.3, 0.4) is 0 Å². The maximum atomic E-state index is 10.3. The highest BCUT2D eigenvalue weighted by atomic mass is 16.5. The van der Waals surface area contributed by atoms with Gasteiger partial charge in [-0.2, -0.15) is 0 Å². The predicted molar refractivity (Wildman–Crippen MR) is 44.1 cm³/mol. The molecular weight excluding hydrogens is 142 g/mol. The summed E-state index contributed by atoms with van der Waals surface area (Å²) in [6, 6.07) is 0.257. The van der Waals surface area contributed by atoms with Crippen molar-refractivity contribution in [2.75, 3.05) is 6.61 Å². The van der Waals surface area contributed by atoms with Crippen molar-refractivity contribution < 1.29 is 9.53 Å². The second-order valence-corrected chi connectivity index (χ2v) is 2.81. The van der Waals surface area contributed by atoms with Gasteiger partial charge in [-0.15, -0.1) is 0 Å². The average molecular weight is 159 g/mol. The SMILES string of the molecule is CC(=O)OCCCCC(C)N. The first-order valence-electron chi connectivity index (χ1n) is 4.02. The number of nitrogens with two attached hydrogens (primary N) is 1. The van der Waals surface area contributed by atoms with Crippen molar-refractivity contribution in [3.8, 4) is 0 Å². The Balaban J connectivity index is 2.97. The van der Waals surface area contributed by atoms with Crippen LogP contribution in [0.1, 0.15) is 33.1 Å². The molecule has 66 valence electrons. The Labute approximate surface area is 67.9 Å². The van der Waals surface area contributed by atoms with Crippen LogP contribution in [-0.4, -0.2) is 18.6 Å². The molecule has 2 N–H and O–H groups in total. The van der Waals surface area contributed by atoms with Crippen LogP contribution in [0.2, 0.25) is 0 Å². The van der Waals surface area contributed by atoms with Crippen molar-refractivity contribution in [3.63, 3.8) is 0 Å². The van der Waals surface area contributed by atoms with Gasteiger partial charge in [0.05, 0.1) is 6.61 Å². The molecule has 0 aromatic carbocycles. The lowest BCUT2D eigenvalue weighted by Gasteiger charge is -2.04. The van der Waals surface area contributed by atoms with E-state index in [1.54, 1.807) is 0 Å². The van der Waals surface area contributed by atoms with Gasteiger partial charge in [0.25, 0.3) is 0 Å². The summed E-state index contributed by atoms with van der Waals surface area (Å²) in [7, 11) is 0. The van der Waals surface area contributed by atoms with E-state index in [9.17, 15) is 4.79 Å². The number of unbranched alkanes of at least 4 members (excludes halogenated alkanes) is 1. The normalized spacial score (nSPS) is 12.6. The molecule has 1 unspecified atom stereocenters. The molecule has 0 spiro atoms. The summed E-state index contributed by atoms with van der Waals surface area (Å²) in [6.07, 6.45) is 2.95. The zero-order valence-electron chi connectivity index (χ0n) is 7.30. The van der Waals surface area contributed by atoms with Crippen LogP contribution in [0.4, 0.5) is 0 Å². The third-order valence-electron chi connectivity index (χ3n) is 1.36. The van der Waals surface area contributed by atoms with Gasteiger partial charge in [-0.3, -0.25) is 4.79 Å². The molecule has 3 heteroatoms. The van der Waals surface area contributed by atoms with Gasteiger partial charge in [0.15, 0.2) is 0 Å². The Kier molecular flexibility index (Phi) is 5.84. The van der Waals surface area contributed by atoms with Crippen LogP contribution in [0.5, 0.6) is 0 Å². The topological polar surface area (TPSA) is 52.3 Å². The molecule has 0 aromatic rings.